The molecule has 0 bridgehead atoms. The molecule has 2 atom stereocenters. The first-order chi connectivity index (χ1) is 28.3. The van der Waals surface area contributed by atoms with Gasteiger partial charge in [0.25, 0.3) is 5.91 Å². The molecule has 0 unspecified atom stereocenters. The molecule has 0 radical (unpaired) electrons. The first-order valence-electron chi connectivity index (χ1n) is 18.8. The van der Waals surface area contributed by atoms with E-state index in [-0.39, 0.29) is 17.7 Å². The molecule has 3 aliphatic heterocycles. The van der Waals surface area contributed by atoms with Crippen molar-refractivity contribution in [2.45, 2.75) is 22.6 Å². The summed E-state index contributed by atoms with van der Waals surface area (Å²) in [4.78, 5) is 39.8. The molecule has 10 rings (SSSR count). The SMILES string of the molecule is O=C1N(c2ccc(Cl)cc2)[C@@H](OC2=Nc3ccc(Cl)cc3[C@@]23N(c2ccc(Cl)cc2)C(=O)C3(c2ccccc2)c2ccccc2)C1(c1ccccc1)c1ccccc1. The van der Waals surface area contributed by atoms with Crippen molar-refractivity contribution in [2.24, 2.45) is 4.99 Å². The van der Waals surface area contributed by atoms with Gasteiger partial charge >= 0.3 is 0 Å². The fourth-order valence-electron chi connectivity index (χ4n) is 9.32. The highest BCUT2D eigenvalue weighted by Crippen LogP contribution is 2.66. The Kier molecular flexibility index (Phi) is 8.57. The quantitative estimate of drug-likeness (QED) is 0.151. The number of benzene rings is 7. The average Bonchev–Trinajstić information content (AvgIpc) is 3.58. The van der Waals surface area contributed by atoms with E-state index in [9.17, 15) is 0 Å². The number of anilines is 2. The number of halogens is 3. The number of rotatable bonds is 7. The van der Waals surface area contributed by atoms with E-state index in [0.29, 0.717) is 37.7 Å². The van der Waals surface area contributed by atoms with Crippen LogP contribution in [0.1, 0.15) is 27.8 Å². The van der Waals surface area contributed by atoms with Crippen LogP contribution in [0.15, 0.2) is 193 Å². The maximum Gasteiger partial charge on any atom is 0.250 e. The normalized spacial score (nSPS) is 19.9. The van der Waals surface area contributed by atoms with E-state index >= 15 is 9.59 Å². The van der Waals surface area contributed by atoms with Gasteiger partial charge in [0.15, 0.2) is 11.0 Å². The number of carbonyl (C=O) groups excluding carboxylic acids is 2. The van der Waals surface area contributed by atoms with Gasteiger partial charge in [0.1, 0.15) is 5.41 Å². The molecule has 7 aromatic carbocycles. The molecule has 282 valence electrons. The van der Waals surface area contributed by atoms with Crippen LogP contribution in [0, 0.1) is 0 Å². The van der Waals surface area contributed by atoms with Gasteiger partial charge in [-0.05, 0) is 89.0 Å². The Morgan fingerprint density at radius 3 is 1.45 bits per heavy atom. The lowest BCUT2D eigenvalue weighted by Crippen LogP contribution is -2.83. The Bertz CT molecular complexity index is 2650. The fraction of sp³-hybridized carbons (Fsp3) is 0.0816. The van der Waals surface area contributed by atoms with Crippen LogP contribution in [-0.2, 0) is 30.7 Å². The van der Waals surface area contributed by atoms with Crippen molar-refractivity contribution in [3.63, 3.8) is 0 Å². The molecule has 0 saturated carbocycles. The van der Waals surface area contributed by atoms with E-state index in [1.807, 2.05) is 158 Å². The summed E-state index contributed by atoms with van der Waals surface area (Å²) in [5.74, 6) is -0.172. The monoisotopic (exact) mass is 815 g/mol. The Balaban J connectivity index is 1.29. The molecule has 9 heteroatoms. The number of hydrogen-bond donors (Lipinski definition) is 0. The molecule has 2 fully saturated rings. The highest BCUT2D eigenvalue weighted by molar-refractivity contribution is 6.32. The van der Waals surface area contributed by atoms with Crippen LogP contribution in [0.4, 0.5) is 17.1 Å². The number of hydrogen-bond acceptors (Lipinski definition) is 4. The van der Waals surface area contributed by atoms with Gasteiger partial charge in [-0.1, -0.05) is 156 Å². The zero-order chi connectivity index (χ0) is 39.6. The van der Waals surface area contributed by atoms with Gasteiger partial charge in [-0.3, -0.25) is 19.4 Å². The molecule has 2 amide bonds. The zero-order valence-electron chi connectivity index (χ0n) is 30.7. The van der Waals surface area contributed by atoms with Gasteiger partial charge < -0.3 is 4.74 Å². The molecular formula is C49H32Cl3N3O3. The van der Waals surface area contributed by atoms with E-state index in [1.54, 1.807) is 40.1 Å². The highest BCUT2D eigenvalue weighted by atomic mass is 35.5. The lowest BCUT2D eigenvalue weighted by molar-refractivity contribution is -0.141. The van der Waals surface area contributed by atoms with E-state index in [4.69, 9.17) is 44.5 Å². The molecule has 2 saturated heterocycles. The summed E-state index contributed by atoms with van der Waals surface area (Å²) in [7, 11) is 0. The second kappa shape index (κ2) is 13.7. The summed E-state index contributed by atoms with van der Waals surface area (Å²) in [6.07, 6.45) is -1.00. The third-order valence-electron chi connectivity index (χ3n) is 11.7. The topological polar surface area (TPSA) is 62.2 Å². The largest absolute Gasteiger partial charge is 0.452 e. The van der Waals surface area contributed by atoms with Gasteiger partial charge in [-0.15, -0.1) is 0 Å². The maximum atomic E-state index is 15.8. The zero-order valence-corrected chi connectivity index (χ0v) is 32.9. The van der Waals surface area contributed by atoms with Crippen molar-refractivity contribution in [3.8, 4) is 0 Å². The van der Waals surface area contributed by atoms with Crippen LogP contribution >= 0.6 is 34.8 Å². The minimum Gasteiger partial charge on any atom is -0.452 e. The van der Waals surface area contributed by atoms with E-state index in [1.165, 1.54) is 0 Å². The average molecular weight is 817 g/mol. The van der Waals surface area contributed by atoms with Gasteiger partial charge in [0, 0.05) is 32.0 Å². The van der Waals surface area contributed by atoms with Gasteiger partial charge in [-0.2, -0.15) is 0 Å². The van der Waals surface area contributed by atoms with Crippen molar-refractivity contribution in [2.75, 3.05) is 9.80 Å². The van der Waals surface area contributed by atoms with Crippen LogP contribution in [0.3, 0.4) is 0 Å². The van der Waals surface area contributed by atoms with Crippen molar-refractivity contribution in [1.82, 2.24) is 0 Å². The molecule has 1 spiro atoms. The van der Waals surface area contributed by atoms with Crippen LogP contribution < -0.4 is 9.80 Å². The third kappa shape index (κ3) is 4.89. The molecule has 0 aliphatic carbocycles. The predicted molar refractivity (Wildman–Crippen MR) is 230 cm³/mol. The summed E-state index contributed by atoms with van der Waals surface area (Å²) in [5.41, 5.74) is 1.15. The summed E-state index contributed by atoms with van der Waals surface area (Å²) in [6, 6.07) is 58.6. The van der Waals surface area contributed by atoms with Gasteiger partial charge in [0.05, 0.1) is 5.69 Å². The molecule has 6 nitrogen and oxygen atoms in total. The smallest absolute Gasteiger partial charge is 0.250 e. The van der Waals surface area contributed by atoms with Crippen molar-refractivity contribution in [1.29, 1.82) is 0 Å². The van der Waals surface area contributed by atoms with Gasteiger partial charge in [-0.25, -0.2) is 4.99 Å². The first-order valence-corrected chi connectivity index (χ1v) is 19.9. The van der Waals surface area contributed by atoms with Crippen LogP contribution in [-0.4, -0.2) is 23.9 Å². The molecule has 0 aromatic heterocycles. The molecule has 58 heavy (non-hydrogen) atoms. The third-order valence-corrected chi connectivity index (χ3v) is 12.5. The second-order valence-corrected chi connectivity index (χ2v) is 15.9. The molecule has 3 heterocycles. The Hall–Kier alpha value is -6.18. The van der Waals surface area contributed by atoms with E-state index < -0.39 is 22.6 Å². The van der Waals surface area contributed by atoms with Crippen LogP contribution in [0.25, 0.3) is 0 Å². The standard InChI is InChI=1S/C49H32Cl3N3O3/c50-36-21-26-39(27-22-36)54-44(56)47(32-13-5-1-6-14-32,33-15-7-2-8-16-33)46(54)58-43-49(41-31-38(52)25-30-42(41)53-43)48(34-17-9-3-10-18-34,35-19-11-4-12-20-35)45(57)55(49)40-28-23-37(51)24-29-40/h1-31,46H/t46-,49+/m0/s1. The maximum absolute atomic E-state index is 15.8. The van der Waals surface area contributed by atoms with Gasteiger partial charge in [0.2, 0.25) is 18.0 Å². The van der Waals surface area contributed by atoms with Crippen molar-refractivity contribution in [3.05, 3.63) is 231 Å². The number of amides is 2. The number of aliphatic imine (C=N–C) groups is 1. The number of β-lactam (4-membered cyclic amide) rings is 2. The Labute approximate surface area is 350 Å². The molecule has 7 aromatic rings. The predicted octanol–water partition coefficient (Wildman–Crippen LogP) is 11.3. The van der Waals surface area contributed by atoms with Crippen LogP contribution in [0.5, 0.6) is 0 Å². The van der Waals surface area contributed by atoms with E-state index in [0.717, 1.165) is 22.3 Å². The van der Waals surface area contributed by atoms with E-state index in [2.05, 4.69) is 0 Å². The number of nitrogens with zero attached hydrogens (tertiary/aromatic N) is 3. The highest BCUT2D eigenvalue weighted by Gasteiger charge is 2.80. The number of carbonyl (C=O) groups is 2. The molecular weight excluding hydrogens is 785 g/mol. The Morgan fingerprint density at radius 1 is 0.500 bits per heavy atom. The van der Waals surface area contributed by atoms with Crippen molar-refractivity contribution >= 4 is 69.6 Å². The number of ether oxygens (including phenoxy) is 1. The molecule has 3 aliphatic rings. The van der Waals surface area contributed by atoms with Crippen molar-refractivity contribution < 1.29 is 14.3 Å². The van der Waals surface area contributed by atoms with Crippen LogP contribution in [0.2, 0.25) is 15.1 Å². The summed E-state index contributed by atoms with van der Waals surface area (Å²) in [5, 5.41) is 1.51. The lowest BCUT2D eigenvalue weighted by atomic mass is 9.51. The lowest BCUT2D eigenvalue weighted by Gasteiger charge is -2.64. The fourth-order valence-corrected chi connectivity index (χ4v) is 9.75. The minimum absolute atomic E-state index is 0.193. The minimum atomic E-state index is -1.47. The molecule has 0 N–H and O–H groups in total. The summed E-state index contributed by atoms with van der Waals surface area (Å²) >= 11 is 19.8. The summed E-state index contributed by atoms with van der Waals surface area (Å²) < 4.78 is 7.60. The second-order valence-electron chi connectivity index (χ2n) is 14.5. The number of fused-ring (bicyclic) bond motifs is 2. The first kappa shape index (κ1) is 36.2. The summed E-state index contributed by atoms with van der Waals surface area (Å²) in [6.45, 7) is 0. The Morgan fingerprint density at radius 2 is 0.948 bits per heavy atom.